The third-order valence-corrected chi connectivity index (χ3v) is 8.43. The number of fused-ring (bicyclic) bond motifs is 1. The Labute approximate surface area is 225 Å². The average molecular weight is 551 g/mol. The number of amides is 1. The van der Waals surface area contributed by atoms with Crippen molar-refractivity contribution >= 4 is 48.1 Å². The van der Waals surface area contributed by atoms with E-state index in [0.717, 1.165) is 4.70 Å². The fraction of sp³-hybridized carbons (Fsp3) is 0.222. The van der Waals surface area contributed by atoms with Gasteiger partial charge in [0.05, 0.1) is 46.2 Å². The topological polar surface area (TPSA) is 130 Å². The van der Waals surface area contributed by atoms with E-state index in [0.29, 0.717) is 45.6 Å². The van der Waals surface area contributed by atoms with Gasteiger partial charge in [-0.2, -0.15) is 5.26 Å². The first-order valence-corrected chi connectivity index (χ1v) is 14.3. The van der Waals surface area contributed by atoms with Crippen molar-refractivity contribution in [3.05, 3.63) is 71.8 Å². The molecule has 0 aliphatic heterocycles. The van der Waals surface area contributed by atoms with Gasteiger partial charge in [0.1, 0.15) is 6.04 Å². The molecule has 1 atom stereocenters. The first-order chi connectivity index (χ1) is 18.3. The van der Waals surface area contributed by atoms with Gasteiger partial charge in [-0.15, -0.1) is 0 Å². The molecule has 2 N–H and O–H groups in total. The highest BCUT2D eigenvalue weighted by Crippen LogP contribution is 2.36. The zero-order valence-electron chi connectivity index (χ0n) is 21.0. The summed E-state index contributed by atoms with van der Waals surface area (Å²) in [4.78, 5) is 18.2. The highest BCUT2D eigenvalue weighted by atomic mass is 32.2. The van der Waals surface area contributed by atoms with E-state index in [2.05, 4.69) is 21.7 Å². The molecule has 0 fully saturated rings. The highest BCUT2D eigenvalue weighted by molar-refractivity contribution is 7.91. The van der Waals surface area contributed by atoms with E-state index >= 15 is 0 Å². The molecule has 1 unspecified atom stereocenters. The van der Waals surface area contributed by atoms with Crippen molar-refractivity contribution in [2.24, 2.45) is 0 Å². The van der Waals surface area contributed by atoms with Crippen molar-refractivity contribution in [2.45, 2.75) is 24.8 Å². The number of benzene rings is 3. The number of thiazole rings is 1. The molecule has 0 saturated carbocycles. The van der Waals surface area contributed by atoms with Crippen LogP contribution in [0.5, 0.6) is 11.5 Å². The Morgan fingerprint density at radius 3 is 2.39 bits per heavy atom. The zero-order chi connectivity index (χ0) is 27.3. The number of carbonyl (C=O) groups is 1. The second kappa shape index (κ2) is 11.5. The van der Waals surface area contributed by atoms with Gasteiger partial charge < -0.3 is 14.8 Å². The Hall–Kier alpha value is -4.14. The van der Waals surface area contributed by atoms with Gasteiger partial charge >= 0.3 is 0 Å². The monoisotopic (exact) mass is 550 g/mol. The lowest BCUT2D eigenvalue weighted by Crippen LogP contribution is -2.27. The second-order valence-electron chi connectivity index (χ2n) is 8.15. The van der Waals surface area contributed by atoms with Gasteiger partial charge in [0.15, 0.2) is 26.5 Å². The van der Waals surface area contributed by atoms with Crippen LogP contribution >= 0.6 is 11.3 Å². The van der Waals surface area contributed by atoms with Crippen LogP contribution in [0.25, 0.3) is 10.2 Å². The van der Waals surface area contributed by atoms with E-state index in [4.69, 9.17) is 14.7 Å². The van der Waals surface area contributed by atoms with Crippen LogP contribution in [0, 0.1) is 11.3 Å². The number of aromatic nitrogens is 1. The first kappa shape index (κ1) is 26.9. The normalized spacial score (nSPS) is 11.9. The largest absolute Gasteiger partial charge is 0.493 e. The summed E-state index contributed by atoms with van der Waals surface area (Å²) in [6, 6.07) is 17.7. The van der Waals surface area contributed by atoms with E-state index in [9.17, 15) is 13.2 Å². The fourth-order valence-electron chi connectivity index (χ4n) is 3.74. The minimum Gasteiger partial charge on any atom is -0.493 e. The molecule has 0 bridgehead atoms. The molecule has 9 nitrogen and oxygen atoms in total. The smallest absolute Gasteiger partial charge is 0.253 e. The number of nitrogens with one attached hydrogen (secondary N) is 2. The standard InChI is InChI=1S/C27H26N4O5S2/c1-4-36-23-14-21-24(15-22(23)35-3)37-27(30-21)31-26(32)25(29-19-10-6-17(16-28)7-11-19)18-8-12-20(13-9-18)38(33,34)5-2/h6-15,25,29H,4-5H2,1-3H3,(H,30,31,32). The molecule has 11 heteroatoms. The summed E-state index contributed by atoms with van der Waals surface area (Å²) in [5.74, 6) is 0.723. The van der Waals surface area contributed by atoms with Crippen molar-refractivity contribution in [2.75, 3.05) is 30.1 Å². The Balaban J connectivity index is 1.65. The molecule has 4 rings (SSSR count). The van der Waals surface area contributed by atoms with Crippen LogP contribution in [0.1, 0.15) is 31.0 Å². The summed E-state index contributed by atoms with van der Waals surface area (Å²) in [5, 5.41) is 15.5. The number of nitriles is 1. The number of methoxy groups -OCH3 is 1. The number of anilines is 2. The first-order valence-electron chi connectivity index (χ1n) is 11.8. The molecule has 4 aromatic rings. The lowest BCUT2D eigenvalue weighted by Gasteiger charge is -2.20. The number of hydrogen-bond acceptors (Lipinski definition) is 9. The van der Waals surface area contributed by atoms with E-state index in [1.165, 1.54) is 23.5 Å². The van der Waals surface area contributed by atoms with Crippen molar-refractivity contribution in [3.8, 4) is 17.6 Å². The quantitative estimate of drug-likeness (QED) is 0.277. The van der Waals surface area contributed by atoms with Crippen molar-refractivity contribution in [3.63, 3.8) is 0 Å². The number of sulfone groups is 1. The Morgan fingerprint density at radius 2 is 1.79 bits per heavy atom. The molecule has 0 aliphatic rings. The SMILES string of the molecule is CCOc1cc2nc(NC(=O)C(Nc3ccc(C#N)cc3)c3ccc(S(=O)(=O)CC)cc3)sc2cc1OC. The van der Waals surface area contributed by atoms with Gasteiger partial charge in [0.25, 0.3) is 5.91 Å². The van der Waals surface area contributed by atoms with Gasteiger partial charge in [0, 0.05) is 17.8 Å². The average Bonchev–Trinajstić information content (AvgIpc) is 3.32. The number of carbonyl (C=O) groups excluding carboxylic acids is 1. The molecule has 1 aromatic heterocycles. The number of ether oxygens (including phenoxy) is 2. The minimum atomic E-state index is -3.38. The predicted octanol–water partition coefficient (Wildman–Crippen LogP) is 5.16. The molecule has 0 radical (unpaired) electrons. The highest BCUT2D eigenvalue weighted by Gasteiger charge is 2.23. The zero-order valence-corrected chi connectivity index (χ0v) is 22.7. The van der Waals surface area contributed by atoms with Crippen LogP contribution in [-0.4, -0.2) is 38.8 Å². The Morgan fingerprint density at radius 1 is 1.08 bits per heavy atom. The van der Waals surface area contributed by atoms with Crippen molar-refractivity contribution in [1.29, 1.82) is 5.26 Å². The third kappa shape index (κ3) is 5.88. The summed E-state index contributed by atoms with van der Waals surface area (Å²) in [6.07, 6.45) is 0. The molecular weight excluding hydrogens is 524 g/mol. The molecule has 1 amide bonds. The summed E-state index contributed by atoms with van der Waals surface area (Å²) in [7, 11) is -1.83. The molecule has 196 valence electrons. The fourth-order valence-corrected chi connectivity index (χ4v) is 5.50. The molecule has 0 aliphatic carbocycles. The summed E-state index contributed by atoms with van der Waals surface area (Å²) >= 11 is 1.29. The van der Waals surface area contributed by atoms with Crippen LogP contribution < -0.4 is 20.1 Å². The van der Waals surface area contributed by atoms with Gasteiger partial charge in [0.2, 0.25) is 0 Å². The van der Waals surface area contributed by atoms with Crippen LogP contribution in [0.2, 0.25) is 0 Å². The summed E-state index contributed by atoms with van der Waals surface area (Å²) in [6.45, 7) is 3.93. The molecule has 1 heterocycles. The molecule has 38 heavy (non-hydrogen) atoms. The summed E-state index contributed by atoms with van der Waals surface area (Å²) < 4.78 is 36.4. The van der Waals surface area contributed by atoms with Crippen LogP contribution in [0.4, 0.5) is 10.8 Å². The lowest BCUT2D eigenvalue weighted by atomic mass is 10.1. The van der Waals surface area contributed by atoms with Crippen LogP contribution in [0.3, 0.4) is 0 Å². The summed E-state index contributed by atoms with van der Waals surface area (Å²) in [5.41, 5.74) is 2.32. The van der Waals surface area contributed by atoms with Gasteiger partial charge in [-0.25, -0.2) is 13.4 Å². The Kier molecular flexibility index (Phi) is 8.14. The number of rotatable bonds is 10. The van der Waals surface area contributed by atoms with Gasteiger partial charge in [-0.3, -0.25) is 10.1 Å². The number of nitrogens with zero attached hydrogens (tertiary/aromatic N) is 2. The maximum absolute atomic E-state index is 13.5. The Bertz CT molecular complexity index is 1590. The molecule has 3 aromatic carbocycles. The van der Waals surface area contributed by atoms with Crippen LogP contribution in [0.15, 0.2) is 65.6 Å². The van der Waals surface area contributed by atoms with Crippen molar-refractivity contribution in [1.82, 2.24) is 4.98 Å². The third-order valence-electron chi connectivity index (χ3n) is 5.74. The molecule has 0 saturated heterocycles. The minimum absolute atomic E-state index is 0.0207. The van der Waals surface area contributed by atoms with E-state index < -0.39 is 21.8 Å². The van der Waals surface area contributed by atoms with E-state index in [-0.39, 0.29) is 10.6 Å². The predicted molar refractivity (Wildman–Crippen MR) is 148 cm³/mol. The maximum Gasteiger partial charge on any atom is 0.253 e. The van der Waals surface area contributed by atoms with Gasteiger partial charge in [-0.05, 0) is 48.9 Å². The van der Waals surface area contributed by atoms with Crippen molar-refractivity contribution < 1.29 is 22.7 Å². The van der Waals surface area contributed by atoms with E-state index in [1.807, 2.05) is 13.0 Å². The molecular formula is C27H26N4O5S2. The number of hydrogen-bond donors (Lipinski definition) is 2. The lowest BCUT2D eigenvalue weighted by molar-refractivity contribution is -0.117. The van der Waals surface area contributed by atoms with E-state index in [1.54, 1.807) is 56.5 Å². The molecule has 0 spiro atoms. The maximum atomic E-state index is 13.5. The second-order valence-corrected chi connectivity index (χ2v) is 11.5. The van der Waals surface area contributed by atoms with Crippen LogP contribution in [-0.2, 0) is 14.6 Å². The van der Waals surface area contributed by atoms with Gasteiger partial charge in [-0.1, -0.05) is 30.4 Å².